The molecule has 4 aliphatic heterocycles. The molecule has 0 aromatic carbocycles. The Morgan fingerprint density at radius 2 is 1.62 bits per heavy atom. The van der Waals surface area contributed by atoms with E-state index in [-0.39, 0.29) is 30.9 Å². The zero-order valence-corrected chi connectivity index (χ0v) is 33.8. The first kappa shape index (κ1) is 43.7. The number of ether oxygens (including phenoxy) is 7. The van der Waals surface area contributed by atoms with Crippen molar-refractivity contribution in [1.82, 2.24) is 10.2 Å². The van der Waals surface area contributed by atoms with E-state index in [0.717, 1.165) is 0 Å². The second-order valence-electron chi connectivity index (χ2n) is 17.3. The van der Waals surface area contributed by atoms with Gasteiger partial charge >= 0.3 is 5.97 Å². The van der Waals surface area contributed by atoms with Crippen molar-refractivity contribution in [3.05, 3.63) is 0 Å². The van der Waals surface area contributed by atoms with Crippen LogP contribution in [0, 0.1) is 17.8 Å². The van der Waals surface area contributed by atoms with Crippen molar-refractivity contribution in [3.8, 4) is 0 Å². The first-order valence-electron chi connectivity index (χ1n) is 19.3. The van der Waals surface area contributed by atoms with Gasteiger partial charge < -0.3 is 63.8 Å². The Kier molecular flexibility index (Phi) is 14.0. The third-order valence-corrected chi connectivity index (χ3v) is 12.6. The molecule has 0 aromatic rings. The largest absolute Gasteiger partial charge is 0.459 e. The van der Waals surface area contributed by atoms with Crippen molar-refractivity contribution >= 4 is 5.97 Å². The minimum atomic E-state index is -1.78. The SMILES string of the molecule is CC[C@H]1OC(=O)[C@H](C)[C@@H](O[C@H]2C[C@@](C)(OC)[C@@]3(CO3)[C@H](C)O2)[C@H](C)[C@@H](O[C@@H]2O[C@H](C)C[C@H](N(C)C)[C@H]2O)[C@@](C)(O)C[C@@H](C)CN[C@H](C)[C@@H](O)[C@]1(C)O. The molecule has 4 heterocycles. The first-order chi connectivity index (χ1) is 24.0. The Balaban J connectivity index is 1.79. The summed E-state index contributed by atoms with van der Waals surface area (Å²) < 4.78 is 44.1. The summed E-state index contributed by atoms with van der Waals surface area (Å²) in [6, 6.07) is -0.831. The summed E-state index contributed by atoms with van der Waals surface area (Å²) in [4.78, 5) is 16.1. The van der Waals surface area contributed by atoms with E-state index in [9.17, 15) is 25.2 Å². The van der Waals surface area contributed by atoms with Gasteiger partial charge in [-0.15, -0.1) is 0 Å². The van der Waals surface area contributed by atoms with Crippen molar-refractivity contribution in [1.29, 1.82) is 0 Å². The molecule has 0 aromatic heterocycles. The highest BCUT2D eigenvalue weighted by molar-refractivity contribution is 5.73. The van der Waals surface area contributed by atoms with E-state index in [2.05, 4.69) is 5.32 Å². The van der Waals surface area contributed by atoms with Crippen LogP contribution in [0.2, 0.25) is 0 Å². The van der Waals surface area contributed by atoms with E-state index >= 15 is 0 Å². The minimum absolute atomic E-state index is 0.139. The number of epoxide rings is 1. The number of aliphatic hydroxyl groups is 4. The fraction of sp³-hybridized carbons (Fsp3) is 0.974. The first-order valence-corrected chi connectivity index (χ1v) is 19.3. The fourth-order valence-corrected chi connectivity index (χ4v) is 9.03. The van der Waals surface area contributed by atoms with Crippen molar-refractivity contribution in [2.24, 2.45) is 17.8 Å². The predicted molar refractivity (Wildman–Crippen MR) is 192 cm³/mol. The molecule has 52 heavy (non-hydrogen) atoms. The molecule has 4 saturated heterocycles. The average molecular weight is 747 g/mol. The van der Waals surface area contributed by atoms with Crippen molar-refractivity contribution in [3.63, 3.8) is 0 Å². The molecule has 0 saturated carbocycles. The molecule has 14 heteroatoms. The highest BCUT2D eigenvalue weighted by atomic mass is 16.7. The molecule has 0 amide bonds. The second kappa shape index (κ2) is 16.6. The van der Waals surface area contributed by atoms with Crippen LogP contribution in [0.4, 0.5) is 0 Å². The lowest BCUT2D eigenvalue weighted by Crippen LogP contribution is -2.61. The number of nitrogens with one attached hydrogen (secondary N) is 1. The molecule has 5 N–H and O–H groups in total. The molecule has 304 valence electrons. The van der Waals surface area contributed by atoms with E-state index in [1.807, 2.05) is 53.6 Å². The minimum Gasteiger partial charge on any atom is -0.459 e. The van der Waals surface area contributed by atoms with E-state index < -0.39 is 95.5 Å². The van der Waals surface area contributed by atoms with Crippen LogP contribution < -0.4 is 5.32 Å². The summed E-state index contributed by atoms with van der Waals surface area (Å²) in [7, 11) is 5.42. The van der Waals surface area contributed by atoms with Gasteiger partial charge in [0.25, 0.3) is 0 Å². The number of carbonyl (C=O) groups is 1. The number of likely N-dealkylation sites (N-methyl/N-ethyl adjacent to an activating group) is 1. The topological polar surface area (TPSA) is 181 Å². The van der Waals surface area contributed by atoms with Gasteiger partial charge in [-0.3, -0.25) is 4.79 Å². The standard InChI is InChI=1S/C38H70N2O12/c1-14-27-37(10,45)31(42)24(6)39-18-20(2)16-35(8,44)32(52-34-29(41)26(40(11)12)15-21(3)48-34)22(4)30(23(5)33(43)50-27)51-28-17-36(9,46-13)38(19-47-38)25(7)49-28/h20-32,34,39,41-42,44-45H,14-19H2,1-13H3/t20-,21-,22+,23-,24-,25+,26+,27-,28+,29-,30+,31-,32-,34+,35+,36-,37-,38-/m1/s1. The number of hydrogen-bond donors (Lipinski definition) is 5. The van der Waals surface area contributed by atoms with Gasteiger partial charge in [0.2, 0.25) is 0 Å². The van der Waals surface area contributed by atoms with Crippen molar-refractivity contribution in [2.75, 3.05) is 34.4 Å². The van der Waals surface area contributed by atoms with Crippen molar-refractivity contribution < 1.29 is 58.4 Å². The van der Waals surface area contributed by atoms with Gasteiger partial charge in [-0.25, -0.2) is 0 Å². The summed E-state index contributed by atoms with van der Waals surface area (Å²) in [6.07, 6.45) is -6.51. The smallest absolute Gasteiger partial charge is 0.311 e. The zero-order chi connectivity index (χ0) is 39.1. The maximum atomic E-state index is 14.2. The number of nitrogens with zero attached hydrogens (tertiary/aromatic N) is 1. The van der Waals surface area contributed by atoms with Crippen LogP contribution in [0.15, 0.2) is 0 Å². The van der Waals surface area contributed by atoms with Crippen LogP contribution >= 0.6 is 0 Å². The molecule has 4 rings (SSSR count). The van der Waals surface area contributed by atoms with E-state index in [1.165, 1.54) is 6.92 Å². The van der Waals surface area contributed by atoms with Gasteiger partial charge in [0.05, 0.1) is 42.5 Å². The van der Waals surface area contributed by atoms with Crippen molar-refractivity contribution in [2.45, 2.75) is 185 Å². The lowest BCUT2D eigenvalue weighted by Gasteiger charge is -2.49. The molecule has 1 spiro atoms. The van der Waals surface area contributed by atoms with E-state index in [4.69, 9.17) is 33.2 Å². The second-order valence-corrected chi connectivity index (χ2v) is 17.3. The number of rotatable bonds is 7. The molecule has 14 nitrogen and oxygen atoms in total. The number of aliphatic hydroxyl groups excluding tert-OH is 2. The van der Waals surface area contributed by atoms with Gasteiger partial charge in [-0.05, 0) is 94.3 Å². The molecule has 4 fully saturated rings. The average Bonchev–Trinajstić information content (AvgIpc) is 3.88. The van der Waals surface area contributed by atoms with Gasteiger partial charge in [-0.1, -0.05) is 20.8 Å². The third-order valence-electron chi connectivity index (χ3n) is 12.6. The van der Waals surface area contributed by atoms with Crippen LogP contribution in [0.1, 0.15) is 94.9 Å². The molecule has 18 atom stereocenters. The molecular formula is C38H70N2O12. The van der Waals surface area contributed by atoms with Crippen LogP contribution in [0.5, 0.6) is 0 Å². The molecule has 0 radical (unpaired) electrons. The van der Waals surface area contributed by atoms with Gasteiger partial charge in [0.1, 0.15) is 35.1 Å². The Hall–Kier alpha value is -1.01. The van der Waals surface area contributed by atoms with Gasteiger partial charge in [-0.2, -0.15) is 0 Å². The summed E-state index contributed by atoms with van der Waals surface area (Å²) in [6.45, 7) is 18.9. The van der Waals surface area contributed by atoms with Crippen LogP contribution in [0.25, 0.3) is 0 Å². The number of cyclic esters (lactones) is 1. The Morgan fingerprint density at radius 1 is 0.981 bits per heavy atom. The number of hydrogen-bond acceptors (Lipinski definition) is 14. The predicted octanol–water partition coefficient (Wildman–Crippen LogP) is 1.97. The normalized spacial score (nSPS) is 51.5. The molecular weight excluding hydrogens is 676 g/mol. The quantitative estimate of drug-likeness (QED) is 0.189. The Labute approximate surface area is 311 Å². The number of carbonyl (C=O) groups excluding carboxylic acids is 1. The highest BCUT2D eigenvalue weighted by Gasteiger charge is 2.67. The molecule has 0 bridgehead atoms. The van der Waals surface area contributed by atoms with Crippen LogP contribution in [-0.2, 0) is 38.0 Å². The summed E-state index contributed by atoms with van der Waals surface area (Å²) in [5, 5.41) is 50.2. The summed E-state index contributed by atoms with van der Waals surface area (Å²) in [5.74, 6) is -2.48. The fourth-order valence-electron chi connectivity index (χ4n) is 9.03. The van der Waals surface area contributed by atoms with Crippen LogP contribution in [-0.4, -0.2) is 155 Å². The zero-order valence-electron chi connectivity index (χ0n) is 33.8. The third kappa shape index (κ3) is 8.84. The maximum absolute atomic E-state index is 14.2. The maximum Gasteiger partial charge on any atom is 0.311 e. The summed E-state index contributed by atoms with van der Waals surface area (Å²) >= 11 is 0. The lowest BCUT2D eigenvalue weighted by molar-refractivity contribution is -0.315. The number of methoxy groups -OCH3 is 1. The molecule has 4 aliphatic rings. The summed E-state index contributed by atoms with van der Waals surface area (Å²) in [5.41, 5.74) is -4.68. The highest BCUT2D eigenvalue weighted by Crippen LogP contribution is 2.51. The lowest BCUT2D eigenvalue weighted by atomic mass is 9.77. The molecule has 0 unspecified atom stereocenters. The van der Waals surface area contributed by atoms with Crippen LogP contribution in [0.3, 0.4) is 0 Å². The number of esters is 1. The van der Waals surface area contributed by atoms with Gasteiger partial charge in [0.15, 0.2) is 12.6 Å². The van der Waals surface area contributed by atoms with E-state index in [0.29, 0.717) is 26.0 Å². The monoisotopic (exact) mass is 746 g/mol. The Bertz CT molecular complexity index is 1180. The van der Waals surface area contributed by atoms with Gasteiger partial charge in [0, 0.05) is 31.5 Å². The molecule has 0 aliphatic carbocycles. The van der Waals surface area contributed by atoms with E-state index in [1.54, 1.807) is 34.8 Å². The Morgan fingerprint density at radius 3 is 2.17 bits per heavy atom.